The molecule has 5 aliphatic rings. The summed E-state index contributed by atoms with van der Waals surface area (Å²) in [5, 5.41) is 48.1. The average molecular weight is 1110 g/mol. The summed E-state index contributed by atoms with van der Waals surface area (Å²) >= 11 is 1.62. The summed E-state index contributed by atoms with van der Waals surface area (Å²) in [6, 6.07) is 17.3. The summed E-state index contributed by atoms with van der Waals surface area (Å²) in [6.45, 7) is 18.1. The van der Waals surface area contributed by atoms with E-state index in [4.69, 9.17) is 21.1 Å². The molecular weight excluding hydrogens is 1020 g/mol. The Bertz CT molecular complexity index is 2940. The topological polar surface area (TPSA) is 230 Å². The number of carbonyl (C=O) groups excluding carboxylic acids is 2. The van der Waals surface area contributed by atoms with Crippen LogP contribution in [0.4, 0.5) is 5.82 Å². The van der Waals surface area contributed by atoms with Gasteiger partial charge in [0.05, 0.1) is 46.2 Å². The molecule has 5 fully saturated rings. The third-order valence-corrected chi connectivity index (χ3v) is 18.5. The number of thiazole rings is 1. The number of rotatable bonds is 18. The normalized spacial score (nSPS) is 20.6. The molecule has 0 bridgehead atoms. The Morgan fingerprint density at radius 3 is 2.27 bits per heavy atom. The first-order valence-corrected chi connectivity index (χ1v) is 30.1. The molecule has 80 heavy (non-hydrogen) atoms. The van der Waals surface area contributed by atoms with Gasteiger partial charge in [0.2, 0.25) is 11.8 Å². The molecule has 4 atom stereocenters. The lowest BCUT2D eigenvalue weighted by Crippen LogP contribution is -2.48. The van der Waals surface area contributed by atoms with Crippen molar-refractivity contribution >= 4 is 46.6 Å². The van der Waals surface area contributed by atoms with Crippen molar-refractivity contribution in [1.29, 1.82) is 10.8 Å². The number of aryl methyl sites for hydroxylation is 1. The second-order valence-corrected chi connectivity index (χ2v) is 24.2. The molecule has 4 unspecified atom stereocenters. The lowest BCUT2D eigenvalue weighted by Gasteiger charge is -2.42. The van der Waals surface area contributed by atoms with E-state index in [1.807, 2.05) is 62.4 Å². The van der Waals surface area contributed by atoms with Crippen molar-refractivity contribution in [3.8, 4) is 16.2 Å². The lowest BCUT2D eigenvalue weighted by molar-refractivity contribution is -0.141. The van der Waals surface area contributed by atoms with Gasteiger partial charge in [0.25, 0.3) is 0 Å². The van der Waals surface area contributed by atoms with Crippen LogP contribution in [0.2, 0.25) is 0 Å². The molecule has 2 amide bonds. The zero-order valence-corrected chi connectivity index (χ0v) is 48.3. The first-order chi connectivity index (χ1) is 38.6. The molecule has 0 spiro atoms. The second-order valence-electron chi connectivity index (χ2n) is 23.3. The largest absolute Gasteiger partial charge is 0.507 e. The molecule has 428 valence electrons. The fourth-order valence-corrected chi connectivity index (χ4v) is 13.0. The monoisotopic (exact) mass is 1110 g/mol. The van der Waals surface area contributed by atoms with Gasteiger partial charge in [0, 0.05) is 74.3 Å². The van der Waals surface area contributed by atoms with Gasteiger partial charge in [-0.3, -0.25) is 19.7 Å². The molecule has 0 radical (unpaired) electrons. The molecule has 1 saturated carbocycles. The molecule has 10 rings (SSSR count). The maximum Gasteiger partial charge on any atom is 0.243 e. The van der Waals surface area contributed by atoms with Gasteiger partial charge in [-0.2, -0.15) is 5.10 Å². The summed E-state index contributed by atoms with van der Waals surface area (Å²) in [5.74, 6) is 1.83. The molecule has 5 aromatic rings. The molecule has 7 N–H and O–H groups in total. The van der Waals surface area contributed by atoms with Crippen LogP contribution in [0.1, 0.15) is 144 Å². The van der Waals surface area contributed by atoms with Crippen LogP contribution < -0.4 is 16.0 Å². The number of aromatic nitrogens is 4. The Balaban J connectivity index is 0.000000206. The van der Waals surface area contributed by atoms with Crippen molar-refractivity contribution in [2.75, 3.05) is 57.3 Å². The first kappa shape index (κ1) is 58.2. The lowest BCUT2D eigenvalue weighted by atomic mass is 9.85. The van der Waals surface area contributed by atoms with Crippen LogP contribution in [0.3, 0.4) is 0 Å². The summed E-state index contributed by atoms with van der Waals surface area (Å²) in [4.78, 5) is 42.4. The maximum absolute atomic E-state index is 14.1. The number of hydrogen-bond acceptors (Lipinski definition) is 14. The van der Waals surface area contributed by atoms with Gasteiger partial charge in [-0.25, -0.2) is 4.98 Å². The highest BCUT2D eigenvalue weighted by Gasteiger charge is 2.41. The highest BCUT2D eigenvalue weighted by atomic mass is 32.1. The number of hydrogen-bond donors (Lipinski definition) is 6. The van der Waals surface area contributed by atoms with Crippen LogP contribution in [-0.4, -0.2) is 139 Å². The highest BCUT2D eigenvalue weighted by Crippen LogP contribution is 2.36. The number of benzene rings is 2. The smallest absolute Gasteiger partial charge is 0.243 e. The maximum atomic E-state index is 14.1. The summed E-state index contributed by atoms with van der Waals surface area (Å²) in [5.41, 5.74) is 12.6. The van der Waals surface area contributed by atoms with Crippen molar-refractivity contribution in [3.63, 3.8) is 0 Å². The number of phenolic OH excluding ortho intramolecular Hbond substituents is 1. The Kier molecular flexibility index (Phi) is 19.5. The number of nitrogens with two attached hydrogens (primary N) is 1. The Morgan fingerprint density at radius 1 is 0.900 bits per heavy atom. The number of anilines is 1. The van der Waals surface area contributed by atoms with E-state index in [1.54, 1.807) is 40.5 Å². The van der Waals surface area contributed by atoms with E-state index in [0.717, 1.165) is 104 Å². The average Bonchev–Trinajstić information content (AvgIpc) is 4.30. The third-order valence-electron chi connectivity index (χ3n) is 17.5. The number of aliphatic hydroxyl groups excluding tert-OH is 1. The van der Waals surface area contributed by atoms with Gasteiger partial charge in [0.15, 0.2) is 11.6 Å². The van der Waals surface area contributed by atoms with E-state index in [2.05, 4.69) is 66.4 Å². The van der Waals surface area contributed by atoms with E-state index >= 15 is 0 Å². The van der Waals surface area contributed by atoms with Gasteiger partial charge in [-0.15, -0.1) is 11.3 Å². The molecule has 17 nitrogen and oxygen atoms in total. The minimum Gasteiger partial charge on any atom is -0.507 e. The number of allylic oxidation sites excluding steroid dienone is 1. The van der Waals surface area contributed by atoms with Gasteiger partial charge in [-0.05, 0) is 145 Å². The standard InChI is InChI=1S/C36H50N6O4S.C26H34N6O/c1-23(2)33(31-20-32(39-46-31)41-18-11-26(12-19-41)21-40-16-13-29(43)14-17-40)36(45)42-15-5-6-30(42)35(44)38-24(3)27-7-9-28(10-8-27)34-25(4)37-22-47-34;1-18(20-11-13-31(14-12-20)22-5-4-6-22)32-17-19(16-30-32)9-10-21(26(28)29)15-24(27)23-7-2-3-8-25(23)33/h7-10,20,22-24,26,29-30,33,43H,5-6,11-19,21H2,1-4H3,(H,38,44);2-3,7-10,15-18,20,22,27,33H,4-6,11-14H2,1H3,(H3,28,29)/b;10-9+,21-15-,27-24?. The van der Waals surface area contributed by atoms with Crippen molar-refractivity contribution in [1.82, 2.24) is 39.9 Å². The van der Waals surface area contributed by atoms with Crippen LogP contribution >= 0.6 is 11.3 Å². The Labute approximate surface area is 476 Å². The van der Waals surface area contributed by atoms with Gasteiger partial charge < -0.3 is 50.8 Å². The van der Waals surface area contributed by atoms with Gasteiger partial charge >= 0.3 is 0 Å². The van der Waals surface area contributed by atoms with Crippen LogP contribution in [0.25, 0.3) is 16.5 Å². The van der Waals surface area contributed by atoms with Gasteiger partial charge in [-0.1, -0.05) is 74.0 Å². The number of likely N-dealkylation sites (tertiary alicyclic amines) is 3. The van der Waals surface area contributed by atoms with Crippen LogP contribution in [-0.2, 0) is 9.59 Å². The number of nitrogens with zero attached hydrogens (tertiary/aromatic N) is 8. The van der Waals surface area contributed by atoms with E-state index in [-0.39, 0.29) is 47.2 Å². The van der Waals surface area contributed by atoms with Crippen molar-refractivity contribution in [2.45, 2.75) is 141 Å². The number of piperidine rings is 3. The number of para-hydroxylation sites is 1. The molecule has 7 heterocycles. The molecule has 4 aliphatic heterocycles. The number of amidine groups is 1. The second kappa shape index (κ2) is 26.9. The van der Waals surface area contributed by atoms with Crippen LogP contribution in [0.15, 0.2) is 94.7 Å². The van der Waals surface area contributed by atoms with Crippen molar-refractivity contribution in [3.05, 3.63) is 118 Å². The Morgan fingerprint density at radius 2 is 1.62 bits per heavy atom. The van der Waals surface area contributed by atoms with Crippen molar-refractivity contribution in [2.24, 2.45) is 23.5 Å². The highest BCUT2D eigenvalue weighted by molar-refractivity contribution is 7.13. The number of phenols is 1. The summed E-state index contributed by atoms with van der Waals surface area (Å²) in [7, 11) is 0. The fourth-order valence-electron chi connectivity index (χ4n) is 12.2. The minimum atomic E-state index is -0.505. The van der Waals surface area contributed by atoms with E-state index in [1.165, 1.54) is 57.3 Å². The van der Waals surface area contributed by atoms with E-state index in [0.29, 0.717) is 47.7 Å². The zero-order valence-electron chi connectivity index (χ0n) is 47.5. The fraction of sp³-hybridized carbons (Fsp3) is 0.532. The predicted molar refractivity (Wildman–Crippen MR) is 317 cm³/mol. The Hall–Kier alpha value is -6.47. The molecule has 2 aromatic carbocycles. The van der Waals surface area contributed by atoms with Crippen LogP contribution in [0.5, 0.6) is 5.75 Å². The first-order valence-electron chi connectivity index (χ1n) is 29.2. The number of nitrogens with one attached hydrogen (secondary N) is 3. The molecule has 18 heteroatoms. The van der Waals surface area contributed by atoms with E-state index in [9.17, 15) is 19.8 Å². The van der Waals surface area contributed by atoms with Crippen LogP contribution in [0, 0.1) is 35.5 Å². The zero-order chi connectivity index (χ0) is 56.5. The molecule has 4 saturated heterocycles. The summed E-state index contributed by atoms with van der Waals surface area (Å²) in [6.07, 6.45) is 20.7. The molecular formula is C62H84N12O5S. The van der Waals surface area contributed by atoms with E-state index < -0.39 is 12.0 Å². The SMILES string of the molecule is CC(C1CCN(C2CCC2)CC1)n1cc(/C=C/C(=C/C(=N)c2ccccc2O)C(=N)N)cn1.Cc1ncsc1-c1ccc(C(C)NC(=O)C2CCCN2C(=O)C(c2cc(N3CCC(CN4CCC(O)CC4)CC3)no2)C(C)C)cc1. The minimum absolute atomic E-state index is 0.0129. The number of amides is 2. The third kappa shape index (κ3) is 14.3. The number of aromatic hydroxyl groups is 1. The summed E-state index contributed by atoms with van der Waals surface area (Å²) < 4.78 is 7.91. The van der Waals surface area contributed by atoms with Crippen molar-refractivity contribution < 1.29 is 24.3 Å². The number of carbonyl (C=O) groups is 2. The quantitative estimate of drug-likeness (QED) is 0.0274. The predicted octanol–water partition coefficient (Wildman–Crippen LogP) is 9.75. The molecule has 1 aliphatic carbocycles. The molecule has 3 aromatic heterocycles. The van der Waals surface area contributed by atoms with Gasteiger partial charge in [0.1, 0.15) is 23.5 Å². The number of aliphatic hydroxyl groups is 1.